The third-order valence-electron chi connectivity index (χ3n) is 7.25. The first-order valence-corrected chi connectivity index (χ1v) is 13.0. The summed E-state index contributed by atoms with van der Waals surface area (Å²) < 4.78 is 39.3. The van der Waals surface area contributed by atoms with Crippen LogP contribution in [0.2, 0.25) is 0 Å². The van der Waals surface area contributed by atoms with Crippen molar-refractivity contribution in [2.24, 2.45) is 0 Å². The Labute approximate surface area is 184 Å². The van der Waals surface area contributed by atoms with Crippen molar-refractivity contribution < 1.29 is 17.6 Å². The minimum atomic E-state index is -3.19. The number of aryl methyl sites for hydroxylation is 1. The predicted molar refractivity (Wildman–Crippen MR) is 119 cm³/mol. The molecule has 1 aromatic carbocycles. The Balaban J connectivity index is 1.32. The Hall–Kier alpha value is -1.71. The summed E-state index contributed by atoms with van der Waals surface area (Å²) in [5.41, 5.74) is 2.30. The molecule has 1 aromatic rings. The Bertz CT molecular complexity index is 923. The summed E-state index contributed by atoms with van der Waals surface area (Å²) in [6.45, 7) is 3.54. The lowest BCUT2D eigenvalue weighted by Gasteiger charge is -2.36. The monoisotopic (exact) mass is 452 g/mol. The van der Waals surface area contributed by atoms with E-state index >= 15 is 0 Å². The number of amides is 1. The van der Waals surface area contributed by atoms with E-state index in [1.54, 1.807) is 13.1 Å². The molecule has 1 amide bonds. The van der Waals surface area contributed by atoms with Gasteiger partial charge in [0.15, 0.2) is 0 Å². The topological polar surface area (TPSA) is 81.8 Å². The number of fused-ring (bicyclic) bond motifs is 1. The zero-order valence-corrected chi connectivity index (χ0v) is 19.3. The average molecular weight is 453 g/mol. The van der Waals surface area contributed by atoms with Crippen LogP contribution in [0.15, 0.2) is 12.1 Å². The Morgan fingerprint density at radius 1 is 1.29 bits per heavy atom. The van der Waals surface area contributed by atoms with Crippen molar-refractivity contribution in [2.45, 2.75) is 69.6 Å². The van der Waals surface area contributed by atoms with Crippen molar-refractivity contribution in [1.29, 1.82) is 0 Å². The number of hydrogen-bond acceptors (Lipinski definition) is 5. The first-order valence-electron chi connectivity index (χ1n) is 11.2. The van der Waals surface area contributed by atoms with E-state index in [9.17, 15) is 17.6 Å². The summed E-state index contributed by atoms with van der Waals surface area (Å²) in [4.78, 5) is 15.3. The summed E-state index contributed by atoms with van der Waals surface area (Å²) >= 11 is 0. The molecule has 4 atom stereocenters. The van der Waals surface area contributed by atoms with E-state index in [0.29, 0.717) is 18.0 Å². The molecular formula is C22H33FN4O3S. The van der Waals surface area contributed by atoms with Crippen LogP contribution < -0.4 is 10.6 Å². The molecule has 1 saturated heterocycles. The second-order valence-corrected chi connectivity index (χ2v) is 11.4. The number of sulfonamides is 1. The van der Waals surface area contributed by atoms with Gasteiger partial charge < -0.3 is 10.6 Å². The number of benzene rings is 1. The highest BCUT2D eigenvalue weighted by Gasteiger charge is 2.37. The third kappa shape index (κ3) is 4.73. The number of nitrogens with zero attached hydrogens (tertiary/aromatic N) is 2. The van der Waals surface area contributed by atoms with Crippen LogP contribution in [0.3, 0.4) is 0 Å². The van der Waals surface area contributed by atoms with Gasteiger partial charge in [0.2, 0.25) is 15.9 Å². The molecule has 31 heavy (non-hydrogen) atoms. The Morgan fingerprint density at radius 3 is 2.77 bits per heavy atom. The fraction of sp³-hybridized carbons (Fsp3) is 0.682. The molecule has 2 fully saturated rings. The van der Waals surface area contributed by atoms with Crippen LogP contribution in [0.5, 0.6) is 0 Å². The predicted octanol–water partition coefficient (Wildman–Crippen LogP) is 1.86. The van der Waals surface area contributed by atoms with Crippen LogP contribution in [0.25, 0.3) is 0 Å². The number of carbonyl (C=O) groups excluding carboxylic acids is 1. The Morgan fingerprint density at radius 2 is 2.06 bits per heavy atom. The fourth-order valence-corrected chi connectivity index (χ4v) is 6.04. The molecule has 2 heterocycles. The first kappa shape index (κ1) is 22.5. The lowest BCUT2D eigenvalue weighted by Crippen LogP contribution is -2.49. The van der Waals surface area contributed by atoms with Crippen molar-refractivity contribution in [2.75, 3.05) is 31.7 Å². The minimum Gasteiger partial charge on any atom is -0.373 e. The second kappa shape index (κ2) is 8.67. The normalized spacial score (nSPS) is 29.1. The molecule has 172 valence electrons. The molecule has 7 nitrogen and oxygen atoms in total. The van der Waals surface area contributed by atoms with Gasteiger partial charge in [-0.15, -0.1) is 0 Å². The van der Waals surface area contributed by atoms with Crippen LogP contribution in [-0.2, 0) is 21.2 Å². The van der Waals surface area contributed by atoms with Crippen molar-refractivity contribution in [3.8, 4) is 0 Å². The maximum atomic E-state index is 14.1. The highest BCUT2D eigenvalue weighted by atomic mass is 32.2. The summed E-state index contributed by atoms with van der Waals surface area (Å²) in [7, 11) is -1.53. The SMILES string of the molecule is Cc1ccc(F)c2c1NC(C(=O)N[C@@H]1CCCC(N3CC[C@H](N(C)S(C)(=O)=O)C3)C1)C2. The lowest BCUT2D eigenvalue weighted by molar-refractivity contribution is -0.122. The van der Waals surface area contributed by atoms with E-state index in [-0.39, 0.29) is 23.8 Å². The van der Waals surface area contributed by atoms with Gasteiger partial charge in [-0.05, 0) is 50.7 Å². The molecule has 0 bridgehead atoms. The summed E-state index contributed by atoms with van der Waals surface area (Å²) in [6.07, 6.45) is 6.38. The lowest BCUT2D eigenvalue weighted by atomic mass is 9.90. The van der Waals surface area contributed by atoms with Crippen LogP contribution in [0.4, 0.5) is 10.1 Å². The van der Waals surface area contributed by atoms with Crippen molar-refractivity contribution in [3.63, 3.8) is 0 Å². The molecule has 1 saturated carbocycles. The standard InChI is InChI=1S/C22H33FN4O3S/c1-14-7-8-19(23)18-12-20(25-21(14)18)22(28)24-15-5-4-6-16(11-15)27-10-9-17(13-27)26(2)31(3,29)30/h7-8,15-17,20,25H,4-6,9-13H2,1-3H3,(H,24,28)/t15-,16?,17+,20?/m1/s1. The van der Waals surface area contributed by atoms with E-state index in [0.717, 1.165) is 56.4 Å². The van der Waals surface area contributed by atoms with Gasteiger partial charge in [-0.25, -0.2) is 17.1 Å². The van der Waals surface area contributed by atoms with Crippen LogP contribution in [0, 0.1) is 12.7 Å². The van der Waals surface area contributed by atoms with E-state index in [2.05, 4.69) is 15.5 Å². The van der Waals surface area contributed by atoms with Gasteiger partial charge in [-0.3, -0.25) is 9.69 Å². The third-order valence-corrected chi connectivity index (χ3v) is 8.59. The number of carbonyl (C=O) groups is 1. The largest absolute Gasteiger partial charge is 0.373 e. The van der Waals surface area contributed by atoms with Crippen molar-refractivity contribution in [3.05, 3.63) is 29.1 Å². The highest BCUT2D eigenvalue weighted by Crippen LogP contribution is 2.32. The number of likely N-dealkylation sites (tertiary alicyclic amines) is 1. The van der Waals surface area contributed by atoms with Crippen LogP contribution in [-0.4, -0.2) is 74.1 Å². The number of likely N-dealkylation sites (N-methyl/N-ethyl adjacent to an activating group) is 1. The number of rotatable bonds is 5. The number of nitrogens with one attached hydrogen (secondary N) is 2. The summed E-state index contributed by atoms with van der Waals surface area (Å²) in [5, 5.41) is 6.40. The molecule has 2 unspecified atom stereocenters. The molecule has 2 aliphatic heterocycles. The zero-order chi connectivity index (χ0) is 22.3. The maximum Gasteiger partial charge on any atom is 0.243 e. The van der Waals surface area contributed by atoms with Gasteiger partial charge in [0.25, 0.3) is 0 Å². The van der Waals surface area contributed by atoms with Crippen molar-refractivity contribution >= 4 is 21.6 Å². The van der Waals surface area contributed by atoms with E-state index < -0.39 is 16.1 Å². The molecule has 3 aliphatic rings. The quantitative estimate of drug-likeness (QED) is 0.713. The molecule has 1 aliphatic carbocycles. The molecular weight excluding hydrogens is 419 g/mol. The maximum absolute atomic E-state index is 14.1. The zero-order valence-electron chi connectivity index (χ0n) is 18.5. The number of hydrogen-bond donors (Lipinski definition) is 2. The van der Waals surface area contributed by atoms with Gasteiger partial charge in [-0.2, -0.15) is 0 Å². The second-order valence-electron chi connectivity index (χ2n) is 9.36. The van der Waals surface area contributed by atoms with Crippen LogP contribution >= 0.6 is 0 Å². The van der Waals surface area contributed by atoms with Crippen LogP contribution in [0.1, 0.15) is 43.2 Å². The number of halogens is 1. The van der Waals surface area contributed by atoms with E-state index in [1.807, 2.05) is 6.92 Å². The first-order chi connectivity index (χ1) is 14.6. The van der Waals surface area contributed by atoms with Gasteiger partial charge >= 0.3 is 0 Å². The smallest absolute Gasteiger partial charge is 0.243 e. The van der Waals surface area contributed by atoms with Gasteiger partial charge in [0.05, 0.1) is 6.26 Å². The molecule has 4 rings (SSSR count). The summed E-state index contributed by atoms with van der Waals surface area (Å²) in [5.74, 6) is -0.333. The summed E-state index contributed by atoms with van der Waals surface area (Å²) in [6, 6.07) is 3.22. The molecule has 0 radical (unpaired) electrons. The molecule has 0 spiro atoms. The van der Waals surface area contributed by atoms with Gasteiger partial charge in [0, 0.05) is 55.9 Å². The molecule has 9 heteroatoms. The molecule has 0 aromatic heterocycles. The van der Waals surface area contributed by atoms with Crippen molar-refractivity contribution in [1.82, 2.24) is 14.5 Å². The van der Waals surface area contributed by atoms with E-state index in [4.69, 9.17) is 0 Å². The Kier molecular flexibility index (Phi) is 6.29. The van der Waals surface area contributed by atoms with Gasteiger partial charge in [-0.1, -0.05) is 6.07 Å². The van der Waals surface area contributed by atoms with E-state index in [1.165, 1.54) is 16.6 Å². The minimum absolute atomic E-state index is 0.0179. The van der Waals surface area contributed by atoms with Gasteiger partial charge in [0.1, 0.15) is 11.9 Å². The fourth-order valence-electron chi connectivity index (χ4n) is 5.32. The highest BCUT2D eigenvalue weighted by molar-refractivity contribution is 7.88. The number of anilines is 1. The average Bonchev–Trinajstić information content (AvgIpc) is 3.38. The molecule has 2 N–H and O–H groups in total.